The van der Waals surface area contributed by atoms with Crippen molar-refractivity contribution >= 4 is 11.3 Å². The van der Waals surface area contributed by atoms with Crippen LogP contribution in [0, 0.1) is 5.92 Å². The minimum absolute atomic E-state index is 0.325. The van der Waals surface area contributed by atoms with E-state index >= 15 is 0 Å². The molecule has 0 radical (unpaired) electrons. The van der Waals surface area contributed by atoms with E-state index in [0.29, 0.717) is 19.0 Å². The highest BCUT2D eigenvalue weighted by molar-refractivity contribution is 7.09. The molecular formula is C16H27FN4S. The van der Waals surface area contributed by atoms with Crippen LogP contribution in [0.2, 0.25) is 0 Å². The second-order valence-electron chi connectivity index (χ2n) is 6.76. The van der Waals surface area contributed by atoms with Crippen molar-refractivity contribution in [2.75, 3.05) is 39.8 Å². The summed E-state index contributed by atoms with van der Waals surface area (Å²) >= 11 is 1.66. The zero-order chi connectivity index (χ0) is 15.4. The van der Waals surface area contributed by atoms with Crippen molar-refractivity contribution in [3.63, 3.8) is 0 Å². The maximum Gasteiger partial charge on any atom is 0.114 e. The number of hydrogen-bond donors (Lipinski definition) is 1. The van der Waals surface area contributed by atoms with E-state index in [2.05, 4.69) is 27.1 Å². The van der Waals surface area contributed by atoms with E-state index in [1.165, 1.54) is 12.8 Å². The number of nitrogens with one attached hydrogen (secondary N) is 1. The van der Waals surface area contributed by atoms with Gasteiger partial charge in [0.25, 0.3) is 0 Å². The standard InChI is InChI=1S/C16H27FN4S/c1-20(9-13-2-4-18-5-3-13)11-15-8-14(17)10-21(15)12-16-19-6-7-22-16/h6-7,13-15,18H,2-5,8-12H2,1H3/t14-,15-/m0/s1. The molecule has 124 valence electrons. The average Bonchev–Trinajstić information content (AvgIpc) is 3.11. The summed E-state index contributed by atoms with van der Waals surface area (Å²) in [7, 11) is 2.19. The molecule has 2 saturated heterocycles. The van der Waals surface area contributed by atoms with E-state index in [1.54, 1.807) is 11.3 Å². The van der Waals surface area contributed by atoms with Crippen molar-refractivity contribution in [2.24, 2.45) is 5.92 Å². The fourth-order valence-corrected chi connectivity index (χ4v) is 4.39. The molecule has 2 fully saturated rings. The molecule has 3 rings (SSSR count). The molecule has 0 bridgehead atoms. The molecule has 0 amide bonds. The Hall–Kier alpha value is -0.560. The van der Waals surface area contributed by atoms with Crippen LogP contribution in [0.5, 0.6) is 0 Å². The summed E-state index contributed by atoms with van der Waals surface area (Å²) in [4.78, 5) is 9.04. The predicted octanol–water partition coefficient (Wildman–Crippen LogP) is 1.99. The number of hydrogen-bond acceptors (Lipinski definition) is 5. The van der Waals surface area contributed by atoms with Crippen LogP contribution in [-0.2, 0) is 6.54 Å². The van der Waals surface area contributed by atoms with Gasteiger partial charge in [0.15, 0.2) is 0 Å². The minimum atomic E-state index is -0.683. The third-order valence-corrected chi connectivity index (χ3v) is 5.61. The number of likely N-dealkylation sites (N-methyl/N-ethyl adjacent to an activating group) is 1. The second kappa shape index (κ2) is 7.81. The summed E-state index contributed by atoms with van der Waals surface area (Å²) in [6.45, 7) is 5.75. The third kappa shape index (κ3) is 4.47. The molecule has 2 aliphatic heterocycles. The van der Waals surface area contributed by atoms with Gasteiger partial charge in [0.05, 0.1) is 6.54 Å². The minimum Gasteiger partial charge on any atom is -0.317 e. The van der Waals surface area contributed by atoms with E-state index in [-0.39, 0.29) is 0 Å². The first-order valence-corrected chi connectivity index (χ1v) is 9.24. The number of rotatable bonds is 6. The molecule has 2 aliphatic rings. The van der Waals surface area contributed by atoms with Crippen LogP contribution in [0.1, 0.15) is 24.3 Å². The number of likely N-dealkylation sites (tertiary alicyclic amines) is 1. The van der Waals surface area contributed by atoms with Crippen molar-refractivity contribution in [1.82, 2.24) is 20.1 Å². The number of thiazole rings is 1. The van der Waals surface area contributed by atoms with Gasteiger partial charge in [0.2, 0.25) is 0 Å². The highest BCUT2D eigenvalue weighted by Gasteiger charge is 2.33. The van der Waals surface area contributed by atoms with Gasteiger partial charge in [-0.1, -0.05) is 0 Å². The Balaban J connectivity index is 1.50. The molecule has 0 aromatic carbocycles. The number of piperidine rings is 1. The summed E-state index contributed by atoms with van der Waals surface area (Å²) in [5.74, 6) is 0.793. The maximum absolute atomic E-state index is 13.9. The van der Waals surface area contributed by atoms with Crippen molar-refractivity contribution in [3.05, 3.63) is 16.6 Å². The van der Waals surface area contributed by atoms with Crippen LogP contribution >= 0.6 is 11.3 Å². The molecule has 6 heteroatoms. The SMILES string of the molecule is CN(CC1CCNCC1)C[C@@H]1C[C@H](F)CN1Cc1nccs1. The summed E-state index contributed by atoms with van der Waals surface area (Å²) < 4.78 is 13.9. The zero-order valence-corrected chi connectivity index (χ0v) is 14.2. The number of nitrogens with zero attached hydrogens (tertiary/aromatic N) is 3. The van der Waals surface area contributed by atoms with Crippen LogP contribution in [0.15, 0.2) is 11.6 Å². The summed E-state index contributed by atoms with van der Waals surface area (Å²) in [6, 6.07) is 0.325. The van der Waals surface area contributed by atoms with Gasteiger partial charge in [-0.15, -0.1) is 11.3 Å². The summed E-state index contributed by atoms with van der Waals surface area (Å²) in [5, 5.41) is 6.51. The van der Waals surface area contributed by atoms with E-state index in [0.717, 1.165) is 43.6 Å². The maximum atomic E-state index is 13.9. The quantitative estimate of drug-likeness (QED) is 0.866. The van der Waals surface area contributed by atoms with Gasteiger partial charge in [-0.2, -0.15) is 0 Å². The van der Waals surface area contributed by atoms with E-state index in [9.17, 15) is 4.39 Å². The molecule has 0 saturated carbocycles. The zero-order valence-electron chi connectivity index (χ0n) is 13.4. The fraction of sp³-hybridized carbons (Fsp3) is 0.812. The Bertz CT molecular complexity index is 435. The molecule has 1 aromatic heterocycles. The van der Waals surface area contributed by atoms with Crippen LogP contribution < -0.4 is 5.32 Å². The Morgan fingerprint density at radius 2 is 2.23 bits per heavy atom. The number of aromatic nitrogens is 1. The molecule has 4 nitrogen and oxygen atoms in total. The lowest BCUT2D eigenvalue weighted by atomic mass is 9.97. The van der Waals surface area contributed by atoms with Crippen molar-refractivity contribution < 1.29 is 4.39 Å². The molecular weight excluding hydrogens is 299 g/mol. The Morgan fingerprint density at radius 3 is 2.95 bits per heavy atom. The average molecular weight is 326 g/mol. The van der Waals surface area contributed by atoms with Crippen LogP contribution in [0.25, 0.3) is 0 Å². The Kier molecular flexibility index (Phi) is 5.79. The molecule has 1 N–H and O–H groups in total. The summed E-state index contributed by atoms with van der Waals surface area (Å²) in [5.41, 5.74) is 0. The predicted molar refractivity (Wildman–Crippen MR) is 88.9 cm³/mol. The summed E-state index contributed by atoms with van der Waals surface area (Å²) in [6.07, 6.45) is 4.35. The van der Waals surface area contributed by atoms with Gasteiger partial charge >= 0.3 is 0 Å². The smallest absolute Gasteiger partial charge is 0.114 e. The molecule has 2 atom stereocenters. The van der Waals surface area contributed by atoms with Gasteiger partial charge in [-0.25, -0.2) is 9.37 Å². The fourth-order valence-electron chi connectivity index (χ4n) is 3.75. The lowest BCUT2D eigenvalue weighted by Gasteiger charge is -2.31. The van der Waals surface area contributed by atoms with Crippen molar-refractivity contribution in [2.45, 2.75) is 38.0 Å². The first-order valence-electron chi connectivity index (χ1n) is 8.36. The third-order valence-electron chi connectivity index (χ3n) is 4.85. The monoisotopic (exact) mass is 326 g/mol. The molecule has 22 heavy (non-hydrogen) atoms. The molecule has 0 unspecified atom stereocenters. The molecule has 0 spiro atoms. The van der Waals surface area contributed by atoms with Crippen LogP contribution in [-0.4, -0.2) is 66.8 Å². The normalized spacial score (nSPS) is 27.8. The molecule has 1 aromatic rings. The first-order chi connectivity index (χ1) is 10.7. The highest BCUT2D eigenvalue weighted by atomic mass is 32.1. The Labute approximate surface area is 136 Å². The first kappa shape index (κ1) is 16.3. The van der Waals surface area contributed by atoms with E-state index < -0.39 is 6.17 Å². The molecule has 0 aliphatic carbocycles. The Morgan fingerprint density at radius 1 is 1.41 bits per heavy atom. The van der Waals surface area contributed by atoms with Gasteiger partial charge in [0, 0.05) is 37.3 Å². The van der Waals surface area contributed by atoms with Gasteiger partial charge in [-0.3, -0.25) is 4.90 Å². The largest absolute Gasteiger partial charge is 0.317 e. The second-order valence-corrected chi connectivity index (χ2v) is 7.74. The van der Waals surface area contributed by atoms with Crippen LogP contribution in [0.3, 0.4) is 0 Å². The van der Waals surface area contributed by atoms with E-state index in [4.69, 9.17) is 0 Å². The van der Waals surface area contributed by atoms with Gasteiger partial charge < -0.3 is 10.2 Å². The molecule has 3 heterocycles. The topological polar surface area (TPSA) is 31.4 Å². The lowest BCUT2D eigenvalue weighted by Crippen LogP contribution is -2.41. The van der Waals surface area contributed by atoms with Gasteiger partial charge in [-0.05, 0) is 45.3 Å². The lowest BCUT2D eigenvalue weighted by molar-refractivity contribution is 0.163. The van der Waals surface area contributed by atoms with Crippen LogP contribution in [0.4, 0.5) is 4.39 Å². The number of halogens is 1. The highest BCUT2D eigenvalue weighted by Crippen LogP contribution is 2.24. The van der Waals surface area contributed by atoms with E-state index in [1.807, 2.05) is 11.6 Å². The van der Waals surface area contributed by atoms with Crippen molar-refractivity contribution in [1.29, 1.82) is 0 Å². The number of alkyl halides is 1. The van der Waals surface area contributed by atoms with Crippen molar-refractivity contribution in [3.8, 4) is 0 Å². The van der Waals surface area contributed by atoms with Gasteiger partial charge in [0.1, 0.15) is 11.2 Å².